The monoisotopic (exact) mass is 512 g/mol. The predicted octanol–water partition coefficient (Wildman–Crippen LogP) is 2.12. The molecule has 0 bridgehead atoms. The number of aromatic nitrogens is 1. The quantitative estimate of drug-likeness (QED) is 0.494. The number of Topliss-reactive ketones (excluding diaryl/α,β-unsaturated/α-hetero) is 1. The Labute approximate surface area is 209 Å². The molecule has 2 atom stereocenters. The van der Waals surface area contributed by atoms with Gasteiger partial charge in [-0.1, -0.05) is 38.1 Å². The minimum atomic E-state index is -3.94. The van der Waals surface area contributed by atoms with Crippen molar-refractivity contribution in [3.63, 3.8) is 0 Å². The summed E-state index contributed by atoms with van der Waals surface area (Å²) in [5.41, 5.74) is 0.558. The molecule has 2 amide bonds. The average Bonchev–Trinajstić information content (AvgIpc) is 3.21. The third-order valence-corrected chi connectivity index (χ3v) is 7.83. The zero-order valence-corrected chi connectivity index (χ0v) is 20.8. The van der Waals surface area contributed by atoms with Gasteiger partial charge in [-0.2, -0.15) is 4.31 Å². The van der Waals surface area contributed by atoms with Gasteiger partial charge in [0.2, 0.25) is 5.91 Å². The molecule has 0 radical (unpaired) electrons. The summed E-state index contributed by atoms with van der Waals surface area (Å²) in [6.45, 7) is 3.31. The highest BCUT2D eigenvalue weighted by atomic mass is 32.2. The SMILES string of the molecule is CC(C)[C@H](NC(=O)c1cc2ccccc2o1)C(=O)NC1CCCN(S(=O)(=O)c2ccccn2)CC1=O. The average molecular weight is 513 g/mol. The van der Waals surface area contributed by atoms with Crippen molar-refractivity contribution < 1.29 is 27.2 Å². The third kappa shape index (κ3) is 5.47. The first-order chi connectivity index (χ1) is 17.2. The van der Waals surface area contributed by atoms with Gasteiger partial charge in [-0.25, -0.2) is 13.4 Å². The lowest BCUT2D eigenvalue weighted by Gasteiger charge is -2.24. The number of carbonyl (C=O) groups is 3. The third-order valence-electron chi connectivity index (χ3n) is 6.06. The zero-order chi connectivity index (χ0) is 25.9. The first kappa shape index (κ1) is 25.5. The molecule has 1 unspecified atom stereocenters. The van der Waals surface area contributed by atoms with Crippen LogP contribution in [0.15, 0.2) is 64.2 Å². The molecule has 4 rings (SSSR count). The van der Waals surface area contributed by atoms with Crippen LogP contribution in [0.5, 0.6) is 0 Å². The van der Waals surface area contributed by atoms with E-state index in [1.165, 1.54) is 12.3 Å². The van der Waals surface area contributed by atoms with Gasteiger partial charge in [0.05, 0.1) is 12.6 Å². The minimum absolute atomic E-state index is 0.0792. The molecule has 3 heterocycles. The molecule has 1 fully saturated rings. The molecule has 1 saturated heterocycles. The van der Waals surface area contributed by atoms with Crippen LogP contribution >= 0.6 is 0 Å². The van der Waals surface area contributed by atoms with Crippen molar-refractivity contribution in [2.45, 2.75) is 43.8 Å². The number of nitrogens with zero attached hydrogens (tertiary/aromatic N) is 2. The highest BCUT2D eigenvalue weighted by Crippen LogP contribution is 2.20. The lowest BCUT2D eigenvalue weighted by molar-refractivity contribution is -0.129. The standard InChI is InChI=1S/C25H28N4O6S/c1-16(2)23(28-24(31)21-14-17-8-3-4-10-20(17)35-21)25(32)27-18-9-7-13-29(15-19(18)30)36(33,34)22-11-5-6-12-26-22/h3-6,8,10-12,14,16,18,23H,7,9,13,15H2,1-2H3,(H,27,32)(H,28,31)/t18?,23-/m0/s1. The maximum Gasteiger partial charge on any atom is 0.287 e. The summed E-state index contributed by atoms with van der Waals surface area (Å²) in [6, 6.07) is 11.5. The number of furan rings is 1. The largest absolute Gasteiger partial charge is 0.451 e. The molecule has 0 aliphatic carbocycles. The molecule has 2 N–H and O–H groups in total. The Morgan fingerprint density at radius 1 is 1.14 bits per heavy atom. The molecule has 0 saturated carbocycles. The number of amides is 2. The molecular weight excluding hydrogens is 484 g/mol. The van der Waals surface area contributed by atoms with E-state index in [0.717, 1.165) is 9.69 Å². The van der Waals surface area contributed by atoms with Crippen molar-refractivity contribution in [3.8, 4) is 0 Å². The van der Waals surface area contributed by atoms with Crippen LogP contribution < -0.4 is 10.6 Å². The number of fused-ring (bicyclic) bond motifs is 1. The van der Waals surface area contributed by atoms with Crippen LogP contribution in [0.25, 0.3) is 11.0 Å². The van der Waals surface area contributed by atoms with E-state index >= 15 is 0 Å². The molecule has 1 aliphatic heterocycles. The fourth-order valence-corrected chi connectivity index (χ4v) is 5.46. The van der Waals surface area contributed by atoms with Gasteiger partial charge in [0.1, 0.15) is 11.6 Å². The molecular formula is C25H28N4O6S. The molecule has 10 nitrogen and oxygen atoms in total. The maximum atomic E-state index is 13.1. The van der Waals surface area contributed by atoms with Crippen LogP contribution in [0.3, 0.4) is 0 Å². The predicted molar refractivity (Wildman–Crippen MR) is 131 cm³/mol. The zero-order valence-electron chi connectivity index (χ0n) is 20.0. The number of carbonyl (C=O) groups excluding carboxylic acids is 3. The van der Waals surface area contributed by atoms with Crippen molar-refractivity contribution in [1.29, 1.82) is 0 Å². The number of nitrogens with one attached hydrogen (secondary N) is 2. The lowest BCUT2D eigenvalue weighted by atomic mass is 10.0. The Kier molecular flexibility index (Phi) is 7.51. The fourth-order valence-electron chi connectivity index (χ4n) is 4.09. The van der Waals surface area contributed by atoms with Crippen LogP contribution in [-0.2, 0) is 19.6 Å². The second kappa shape index (κ2) is 10.6. The van der Waals surface area contributed by atoms with Gasteiger partial charge in [-0.15, -0.1) is 0 Å². The van der Waals surface area contributed by atoms with Crippen molar-refractivity contribution in [1.82, 2.24) is 19.9 Å². The van der Waals surface area contributed by atoms with Crippen molar-refractivity contribution in [2.75, 3.05) is 13.1 Å². The summed E-state index contributed by atoms with van der Waals surface area (Å²) in [4.78, 5) is 42.7. The number of sulfonamides is 1. The van der Waals surface area contributed by atoms with E-state index in [4.69, 9.17) is 4.42 Å². The van der Waals surface area contributed by atoms with Gasteiger partial charge in [0.15, 0.2) is 16.6 Å². The van der Waals surface area contributed by atoms with Crippen LogP contribution in [0.1, 0.15) is 37.2 Å². The Balaban J connectivity index is 1.43. The second-order valence-corrected chi connectivity index (χ2v) is 10.9. The Morgan fingerprint density at radius 3 is 2.58 bits per heavy atom. The summed E-state index contributed by atoms with van der Waals surface area (Å²) < 4.78 is 32.5. The van der Waals surface area contributed by atoms with Gasteiger partial charge in [-0.05, 0) is 43.0 Å². The number of ketones is 1. The van der Waals surface area contributed by atoms with Gasteiger partial charge in [-0.3, -0.25) is 14.4 Å². The molecule has 1 aromatic carbocycles. The summed E-state index contributed by atoms with van der Waals surface area (Å²) in [7, 11) is -3.94. The number of rotatable bonds is 7. The van der Waals surface area contributed by atoms with Crippen LogP contribution in [0.4, 0.5) is 0 Å². The smallest absolute Gasteiger partial charge is 0.287 e. The van der Waals surface area contributed by atoms with Crippen LogP contribution in [0, 0.1) is 5.92 Å². The summed E-state index contributed by atoms with van der Waals surface area (Å²) >= 11 is 0. The molecule has 0 spiro atoms. The van der Waals surface area contributed by atoms with Gasteiger partial charge in [0.25, 0.3) is 15.9 Å². The lowest BCUT2D eigenvalue weighted by Crippen LogP contribution is -2.54. The van der Waals surface area contributed by atoms with E-state index < -0.39 is 39.7 Å². The normalized spacial score (nSPS) is 18.1. The molecule has 36 heavy (non-hydrogen) atoms. The van der Waals surface area contributed by atoms with E-state index in [9.17, 15) is 22.8 Å². The summed E-state index contributed by atoms with van der Waals surface area (Å²) in [5, 5.41) is 6.05. The molecule has 11 heteroatoms. The molecule has 1 aliphatic rings. The fraction of sp³-hybridized carbons (Fsp3) is 0.360. The highest BCUT2D eigenvalue weighted by Gasteiger charge is 2.35. The van der Waals surface area contributed by atoms with E-state index in [2.05, 4.69) is 15.6 Å². The topological polar surface area (TPSA) is 139 Å². The summed E-state index contributed by atoms with van der Waals surface area (Å²) in [6.07, 6.45) is 2.03. The first-order valence-electron chi connectivity index (χ1n) is 11.7. The Hall–Kier alpha value is -3.57. The van der Waals surface area contributed by atoms with Crippen molar-refractivity contribution in [3.05, 3.63) is 60.5 Å². The number of para-hydroxylation sites is 1. The molecule has 3 aromatic rings. The first-order valence-corrected chi connectivity index (χ1v) is 13.1. The Bertz CT molecular complexity index is 1340. The Morgan fingerprint density at radius 2 is 1.89 bits per heavy atom. The van der Waals surface area contributed by atoms with E-state index in [0.29, 0.717) is 12.0 Å². The number of hydrogen-bond acceptors (Lipinski definition) is 7. The summed E-state index contributed by atoms with van der Waals surface area (Å²) in [5.74, 6) is -1.68. The van der Waals surface area contributed by atoms with Crippen molar-refractivity contribution in [2.24, 2.45) is 5.92 Å². The number of pyridine rings is 1. The van der Waals surface area contributed by atoms with Gasteiger partial charge < -0.3 is 15.1 Å². The van der Waals surface area contributed by atoms with E-state index in [1.807, 2.05) is 12.1 Å². The minimum Gasteiger partial charge on any atom is -0.451 e. The second-order valence-electron chi connectivity index (χ2n) is 9.02. The molecule has 190 valence electrons. The van der Waals surface area contributed by atoms with Crippen molar-refractivity contribution >= 4 is 38.6 Å². The number of hydrogen-bond donors (Lipinski definition) is 2. The maximum absolute atomic E-state index is 13.1. The van der Waals surface area contributed by atoms with Crippen LogP contribution in [-0.4, -0.2) is 60.5 Å². The molecule has 2 aromatic heterocycles. The van der Waals surface area contributed by atoms with Gasteiger partial charge >= 0.3 is 0 Å². The highest BCUT2D eigenvalue weighted by molar-refractivity contribution is 7.89. The van der Waals surface area contributed by atoms with Gasteiger partial charge in [0, 0.05) is 18.1 Å². The van der Waals surface area contributed by atoms with E-state index in [1.54, 1.807) is 44.2 Å². The van der Waals surface area contributed by atoms with Crippen LogP contribution in [0.2, 0.25) is 0 Å². The van der Waals surface area contributed by atoms with E-state index in [-0.39, 0.29) is 36.2 Å². The number of benzene rings is 1.